The number of hydrogen-bond donors (Lipinski definition) is 3. The van der Waals surface area contributed by atoms with Crippen molar-refractivity contribution < 1.29 is 15.0 Å². The average Bonchev–Trinajstić information content (AvgIpc) is 2.74. The van der Waals surface area contributed by atoms with Crippen molar-refractivity contribution in [2.24, 2.45) is 0 Å². The molecule has 110 valence electrons. The minimum atomic E-state index is -0.691. The van der Waals surface area contributed by atoms with Crippen molar-refractivity contribution in [2.75, 3.05) is 39.3 Å². The molecule has 2 fully saturated rings. The molecule has 0 aromatic rings. The highest BCUT2D eigenvalue weighted by molar-refractivity contribution is 5.82. The second-order valence-corrected chi connectivity index (χ2v) is 6.26. The summed E-state index contributed by atoms with van der Waals surface area (Å²) in [5.41, 5.74) is -0.691. The number of rotatable bonds is 3. The molecule has 2 unspecified atom stereocenters. The molecule has 2 rings (SSSR count). The average molecular weight is 271 g/mol. The molecule has 0 aromatic heterocycles. The summed E-state index contributed by atoms with van der Waals surface area (Å²) in [6, 6.07) is -0.226. The van der Waals surface area contributed by atoms with E-state index in [-0.39, 0.29) is 11.9 Å². The van der Waals surface area contributed by atoms with Gasteiger partial charge in [-0.2, -0.15) is 0 Å². The van der Waals surface area contributed by atoms with Gasteiger partial charge < -0.3 is 20.4 Å². The van der Waals surface area contributed by atoms with E-state index in [0.717, 1.165) is 13.1 Å². The maximum Gasteiger partial charge on any atom is 0.239 e. The number of amides is 1. The van der Waals surface area contributed by atoms with Gasteiger partial charge in [0.25, 0.3) is 0 Å². The maximum absolute atomic E-state index is 12.2. The van der Waals surface area contributed by atoms with Crippen LogP contribution in [-0.2, 0) is 4.79 Å². The van der Waals surface area contributed by atoms with E-state index in [4.69, 9.17) is 0 Å². The zero-order valence-electron chi connectivity index (χ0n) is 11.8. The van der Waals surface area contributed by atoms with Crippen LogP contribution in [0.2, 0.25) is 0 Å². The normalized spacial score (nSPS) is 29.8. The van der Waals surface area contributed by atoms with E-state index in [9.17, 15) is 15.0 Å². The first-order valence-corrected chi connectivity index (χ1v) is 7.00. The monoisotopic (exact) mass is 271 g/mol. The third-order valence-electron chi connectivity index (χ3n) is 3.70. The molecule has 2 saturated heterocycles. The van der Waals surface area contributed by atoms with Crippen molar-refractivity contribution in [3.8, 4) is 0 Å². The van der Waals surface area contributed by atoms with Crippen molar-refractivity contribution in [1.29, 1.82) is 0 Å². The van der Waals surface area contributed by atoms with Crippen LogP contribution in [0.5, 0.6) is 0 Å². The number of aliphatic hydroxyl groups is 2. The van der Waals surface area contributed by atoms with Crippen LogP contribution in [0.4, 0.5) is 0 Å². The molecule has 0 aromatic carbocycles. The molecule has 2 heterocycles. The Morgan fingerprint density at radius 3 is 2.42 bits per heavy atom. The summed E-state index contributed by atoms with van der Waals surface area (Å²) in [4.78, 5) is 16.3. The minimum absolute atomic E-state index is 0.0967. The number of carbonyl (C=O) groups excluding carboxylic acids is 1. The number of β-amino-alcohol motifs (C(OH)–C–C–N with tert-alkyl or cyclic N) is 2. The number of hydrogen-bond acceptors (Lipinski definition) is 5. The summed E-state index contributed by atoms with van der Waals surface area (Å²) in [5, 5.41) is 22.3. The number of carbonyl (C=O) groups is 1. The Morgan fingerprint density at radius 1 is 1.32 bits per heavy atom. The van der Waals surface area contributed by atoms with Crippen molar-refractivity contribution in [1.82, 2.24) is 15.1 Å². The quantitative estimate of drug-likeness (QED) is 0.590. The van der Waals surface area contributed by atoms with Crippen molar-refractivity contribution in [2.45, 2.75) is 38.0 Å². The predicted octanol–water partition coefficient (Wildman–Crippen LogP) is -1.38. The first-order chi connectivity index (χ1) is 8.85. The summed E-state index contributed by atoms with van der Waals surface area (Å²) < 4.78 is 0. The van der Waals surface area contributed by atoms with Gasteiger partial charge >= 0.3 is 0 Å². The molecule has 0 spiro atoms. The third kappa shape index (κ3) is 4.14. The molecule has 6 heteroatoms. The lowest BCUT2D eigenvalue weighted by atomic mass is 10.1. The molecule has 0 radical (unpaired) electrons. The summed E-state index contributed by atoms with van der Waals surface area (Å²) >= 11 is 0. The Labute approximate surface area is 114 Å². The van der Waals surface area contributed by atoms with E-state index in [1.165, 1.54) is 0 Å². The zero-order valence-corrected chi connectivity index (χ0v) is 11.8. The van der Waals surface area contributed by atoms with E-state index in [0.29, 0.717) is 32.6 Å². The minimum Gasteiger partial charge on any atom is -0.392 e. The Hall–Kier alpha value is -0.690. The molecule has 0 saturated carbocycles. The Balaban J connectivity index is 1.78. The van der Waals surface area contributed by atoms with Gasteiger partial charge in [-0.25, -0.2) is 0 Å². The van der Waals surface area contributed by atoms with Crippen molar-refractivity contribution in [3.05, 3.63) is 0 Å². The first kappa shape index (κ1) is 14.7. The van der Waals surface area contributed by atoms with Crippen LogP contribution in [-0.4, -0.2) is 82.9 Å². The largest absolute Gasteiger partial charge is 0.392 e. The van der Waals surface area contributed by atoms with E-state index in [1.807, 2.05) is 4.90 Å². The van der Waals surface area contributed by atoms with Gasteiger partial charge in [-0.15, -0.1) is 0 Å². The number of nitrogens with zero attached hydrogens (tertiary/aromatic N) is 2. The van der Waals surface area contributed by atoms with E-state index >= 15 is 0 Å². The van der Waals surface area contributed by atoms with Crippen LogP contribution in [0, 0.1) is 0 Å². The molecule has 0 bridgehead atoms. The lowest BCUT2D eigenvalue weighted by molar-refractivity contribution is -0.135. The number of nitrogens with one attached hydrogen (secondary N) is 1. The zero-order chi connectivity index (χ0) is 14.0. The van der Waals surface area contributed by atoms with Crippen molar-refractivity contribution >= 4 is 5.91 Å². The molecule has 0 aliphatic carbocycles. The Kier molecular flexibility index (Phi) is 4.45. The van der Waals surface area contributed by atoms with Crippen LogP contribution >= 0.6 is 0 Å². The van der Waals surface area contributed by atoms with Gasteiger partial charge in [0.15, 0.2) is 0 Å². The van der Waals surface area contributed by atoms with Gasteiger partial charge in [0, 0.05) is 39.3 Å². The number of aliphatic hydroxyl groups excluding tert-OH is 1. The third-order valence-corrected chi connectivity index (χ3v) is 3.70. The molecule has 2 atom stereocenters. The molecule has 2 aliphatic heterocycles. The maximum atomic E-state index is 12.2. The van der Waals surface area contributed by atoms with Crippen molar-refractivity contribution in [3.63, 3.8) is 0 Å². The summed E-state index contributed by atoms with van der Waals surface area (Å²) in [7, 11) is 0. The SMILES string of the molecule is CC(C)(O)CN1CCN(C(=O)C2CC(O)CN2)CC1. The summed E-state index contributed by atoms with van der Waals surface area (Å²) in [6.45, 7) is 7.73. The van der Waals surface area contributed by atoms with Crippen LogP contribution in [0.15, 0.2) is 0 Å². The van der Waals surface area contributed by atoms with E-state index in [1.54, 1.807) is 13.8 Å². The molecule has 3 N–H and O–H groups in total. The molecule has 1 amide bonds. The highest BCUT2D eigenvalue weighted by atomic mass is 16.3. The predicted molar refractivity (Wildman–Crippen MR) is 71.7 cm³/mol. The van der Waals surface area contributed by atoms with Gasteiger partial charge in [-0.05, 0) is 20.3 Å². The van der Waals surface area contributed by atoms with Crippen LogP contribution in [0.3, 0.4) is 0 Å². The molecule has 19 heavy (non-hydrogen) atoms. The summed E-state index contributed by atoms with van der Waals surface area (Å²) in [6.07, 6.45) is 0.119. The van der Waals surface area contributed by atoms with Crippen LogP contribution in [0.1, 0.15) is 20.3 Å². The lowest BCUT2D eigenvalue weighted by Crippen LogP contribution is -2.55. The topological polar surface area (TPSA) is 76.0 Å². The summed E-state index contributed by atoms with van der Waals surface area (Å²) in [5.74, 6) is 0.0967. The van der Waals surface area contributed by atoms with Crippen LogP contribution < -0.4 is 5.32 Å². The fraction of sp³-hybridized carbons (Fsp3) is 0.923. The molecule has 6 nitrogen and oxygen atoms in total. The van der Waals surface area contributed by atoms with E-state index in [2.05, 4.69) is 10.2 Å². The Bertz CT molecular complexity index is 322. The second kappa shape index (κ2) is 5.75. The second-order valence-electron chi connectivity index (χ2n) is 6.26. The van der Waals surface area contributed by atoms with Crippen LogP contribution in [0.25, 0.3) is 0 Å². The van der Waals surface area contributed by atoms with Gasteiger partial charge in [0.2, 0.25) is 5.91 Å². The van der Waals surface area contributed by atoms with E-state index < -0.39 is 11.7 Å². The number of piperazine rings is 1. The van der Waals surface area contributed by atoms with Gasteiger partial charge in [-0.3, -0.25) is 9.69 Å². The highest BCUT2D eigenvalue weighted by Crippen LogP contribution is 2.13. The standard InChI is InChI=1S/C13H25N3O3/c1-13(2,19)9-15-3-5-16(6-4-15)12(18)11-7-10(17)8-14-11/h10-11,14,17,19H,3-9H2,1-2H3. The molecular formula is C13H25N3O3. The fourth-order valence-corrected chi connectivity index (χ4v) is 2.80. The van der Waals surface area contributed by atoms with Gasteiger partial charge in [-0.1, -0.05) is 0 Å². The van der Waals surface area contributed by atoms with Gasteiger partial charge in [0.1, 0.15) is 0 Å². The smallest absolute Gasteiger partial charge is 0.239 e. The fourth-order valence-electron chi connectivity index (χ4n) is 2.80. The lowest BCUT2D eigenvalue weighted by Gasteiger charge is -2.38. The van der Waals surface area contributed by atoms with Gasteiger partial charge in [0.05, 0.1) is 17.7 Å². The molecule has 2 aliphatic rings. The molecular weight excluding hydrogens is 246 g/mol. The highest BCUT2D eigenvalue weighted by Gasteiger charge is 2.33. The Morgan fingerprint density at radius 2 is 1.95 bits per heavy atom. The first-order valence-electron chi connectivity index (χ1n) is 7.00.